The molecule has 1 amide bonds. The van der Waals surface area contributed by atoms with Gasteiger partial charge in [-0.1, -0.05) is 6.07 Å². The summed E-state index contributed by atoms with van der Waals surface area (Å²) in [6, 6.07) is 4.86. The van der Waals surface area contributed by atoms with Gasteiger partial charge in [-0.2, -0.15) is 4.31 Å². The first-order valence-electron chi connectivity index (χ1n) is 6.58. The SMILES string of the molecule is COc1ccc(C)cc1S(=O)(=O)N(C)CC(=O)NC(C)C. The number of hydrogen-bond donors (Lipinski definition) is 1. The summed E-state index contributed by atoms with van der Waals surface area (Å²) in [5, 5.41) is 2.66. The number of amides is 1. The van der Waals surface area contributed by atoms with Gasteiger partial charge in [0.1, 0.15) is 10.6 Å². The first-order valence-corrected chi connectivity index (χ1v) is 8.02. The van der Waals surface area contributed by atoms with Crippen LogP contribution in [0.1, 0.15) is 19.4 Å². The molecule has 0 saturated carbocycles. The van der Waals surface area contributed by atoms with Crippen LogP contribution in [0.25, 0.3) is 0 Å². The Bertz CT molecular complexity index is 611. The molecule has 0 atom stereocenters. The Kier molecular flexibility index (Phi) is 5.74. The average molecular weight is 314 g/mol. The van der Waals surface area contributed by atoms with Gasteiger partial charge in [-0.05, 0) is 38.5 Å². The van der Waals surface area contributed by atoms with Crippen LogP contribution >= 0.6 is 0 Å². The number of carbonyl (C=O) groups is 1. The Morgan fingerprint density at radius 1 is 1.38 bits per heavy atom. The molecule has 0 fully saturated rings. The van der Waals surface area contributed by atoms with Gasteiger partial charge in [-0.25, -0.2) is 8.42 Å². The van der Waals surface area contributed by atoms with Crippen molar-refractivity contribution in [2.75, 3.05) is 20.7 Å². The smallest absolute Gasteiger partial charge is 0.246 e. The van der Waals surface area contributed by atoms with Crippen LogP contribution in [0.2, 0.25) is 0 Å². The number of ether oxygens (including phenoxy) is 1. The highest BCUT2D eigenvalue weighted by Gasteiger charge is 2.26. The van der Waals surface area contributed by atoms with Gasteiger partial charge in [0.05, 0.1) is 13.7 Å². The quantitative estimate of drug-likeness (QED) is 0.854. The predicted octanol–water partition coefficient (Wildman–Crippen LogP) is 1.15. The Balaban J connectivity index is 3.05. The van der Waals surface area contributed by atoms with E-state index >= 15 is 0 Å². The molecule has 0 saturated heterocycles. The third-order valence-corrected chi connectivity index (χ3v) is 4.65. The van der Waals surface area contributed by atoms with E-state index in [-0.39, 0.29) is 29.1 Å². The van der Waals surface area contributed by atoms with Crippen LogP contribution in [0.15, 0.2) is 23.1 Å². The van der Waals surface area contributed by atoms with E-state index in [4.69, 9.17) is 4.74 Å². The van der Waals surface area contributed by atoms with Crippen LogP contribution < -0.4 is 10.1 Å². The third-order valence-electron chi connectivity index (χ3n) is 2.82. The molecule has 0 aromatic heterocycles. The van der Waals surface area contributed by atoms with Crippen molar-refractivity contribution in [2.24, 2.45) is 0 Å². The number of aryl methyl sites for hydroxylation is 1. The van der Waals surface area contributed by atoms with E-state index in [2.05, 4.69) is 5.32 Å². The van der Waals surface area contributed by atoms with Crippen LogP contribution in [0.5, 0.6) is 5.75 Å². The fourth-order valence-corrected chi connectivity index (χ4v) is 3.17. The molecule has 118 valence electrons. The fourth-order valence-electron chi connectivity index (χ4n) is 1.81. The molecular weight excluding hydrogens is 292 g/mol. The van der Waals surface area contributed by atoms with Gasteiger partial charge in [-0.15, -0.1) is 0 Å². The van der Waals surface area contributed by atoms with Crippen molar-refractivity contribution >= 4 is 15.9 Å². The standard InChI is InChI=1S/C14H22N2O4S/c1-10(2)15-14(17)9-16(4)21(18,19)13-8-11(3)6-7-12(13)20-5/h6-8,10H,9H2,1-5H3,(H,15,17). The molecule has 1 aromatic carbocycles. The summed E-state index contributed by atoms with van der Waals surface area (Å²) >= 11 is 0. The monoisotopic (exact) mass is 314 g/mol. The lowest BCUT2D eigenvalue weighted by molar-refractivity contribution is -0.121. The minimum absolute atomic E-state index is 0.0397. The molecule has 0 bridgehead atoms. The van der Waals surface area contributed by atoms with Crippen LogP contribution in [-0.4, -0.2) is 45.4 Å². The number of nitrogens with one attached hydrogen (secondary N) is 1. The molecule has 0 heterocycles. The second-order valence-corrected chi connectivity index (χ2v) is 7.15. The molecule has 0 aliphatic rings. The van der Waals surface area contributed by atoms with Crippen molar-refractivity contribution in [3.05, 3.63) is 23.8 Å². The summed E-state index contributed by atoms with van der Waals surface area (Å²) in [4.78, 5) is 11.8. The normalized spacial score (nSPS) is 11.8. The summed E-state index contributed by atoms with van der Waals surface area (Å²) in [6.45, 7) is 5.19. The zero-order valence-corrected chi connectivity index (χ0v) is 13.8. The predicted molar refractivity (Wildman–Crippen MR) is 80.8 cm³/mol. The highest BCUT2D eigenvalue weighted by molar-refractivity contribution is 7.89. The minimum Gasteiger partial charge on any atom is -0.495 e. The number of nitrogens with zero attached hydrogens (tertiary/aromatic N) is 1. The first kappa shape index (κ1) is 17.5. The molecule has 0 aliphatic carbocycles. The third kappa shape index (κ3) is 4.44. The van der Waals surface area contributed by atoms with E-state index in [1.54, 1.807) is 19.1 Å². The van der Waals surface area contributed by atoms with Crippen molar-refractivity contribution in [1.82, 2.24) is 9.62 Å². The molecular formula is C14H22N2O4S. The van der Waals surface area contributed by atoms with Gasteiger partial charge >= 0.3 is 0 Å². The minimum atomic E-state index is -3.79. The van der Waals surface area contributed by atoms with Crippen LogP contribution in [-0.2, 0) is 14.8 Å². The van der Waals surface area contributed by atoms with E-state index in [0.717, 1.165) is 9.87 Å². The molecule has 7 heteroatoms. The number of likely N-dealkylation sites (N-methyl/N-ethyl adjacent to an activating group) is 1. The van der Waals surface area contributed by atoms with Crippen molar-refractivity contribution in [1.29, 1.82) is 0 Å². The Morgan fingerprint density at radius 3 is 2.52 bits per heavy atom. The number of rotatable bonds is 6. The largest absolute Gasteiger partial charge is 0.495 e. The van der Waals surface area contributed by atoms with E-state index in [1.807, 2.05) is 13.8 Å². The van der Waals surface area contributed by atoms with Crippen LogP contribution in [0.3, 0.4) is 0 Å². The topological polar surface area (TPSA) is 75.7 Å². The highest BCUT2D eigenvalue weighted by Crippen LogP contribution is 2.26. The second kappa shape index (κ2) is 6.91. The molecule has 1 aromatic rings. The molecule has 0 spiro atoms. The van der Waals surface area contributed by atoms with Crippen molar-refractivity contribution in [2.45, 2.75) is 31.7 Å². The summed E-state index contributed by atoms with van der Waals surface area (Å²) in [6.07, 6.45) is 0. The lowest BCUT2D eigenvalue weighted by atomic mass is 10.2. The summed E-state index contributed by atoms with van der Waals surface area (Å²) in [5.74, 6) is -0.0839. The van der Waals surface area contributed by atoms with E-state index in [9.17, 15) is 13.2 Å². The maximum Gasteiger partial charge on any atom is 0.246 e. The van der Waals surface area contributed by atoms with E-state index < -0.39 is 10.0 Å². The first-order chi connectivity index (χ1) is 9.68. The van der Waals surface area contributed by atoms with Crippen LogP contribution in [0, 0.1) is 6.92 Å². The summed E-state index contributed by atoms with van der Waals surface area (Å²) in [7, 11) is -1.00. The van der Waals surface area contributed by atoms with Crippen molar-refractivity contribution in [3.8, 4) is 5.75 Å². The zero-order chi connectivity index (χ0) is 16.2. The van der Waals surface area contributed by atoms with Gasteiger partial charge in [0.15, 0.2) is 0 Å². The lowest BCUT2D eigenvalue weighted by Crippen LogP contribution is -2.40. The molecule has 0 unspecified atom stereocenters. The van der Waals surface area contributed by atoms with Gasteiger partial charge in [0.2, 0.25) is 15.9 Å². The Labute approximate surface area is 126 Å². The number of benzene rings is 1. The molecule has 1 N–H and O–H groups in total. The van der Waals surface area contributed by atoms with Crippen molar-refractivity contribution < 1.29 is 17.9 Å². The fraction of sp³-hybridized carbons (Fsp3) is 0.500. The number of sulfonamides is 1. The van der Waals surface area contributed by atoms with Crippen LogP contribution in [0.4, 0.5) is 0 Å². The molecule has 21 heavy (non-hydrogen) atoms. The second-order valence-electron chi connectivity index (χ2n) is 5.14. The molecule has 6 nitrogen and oxygen atoms in total. The van der Waals surface area contributed by atoms with Crippen molar-refractivity contribution in [3.63, 3.8) is 0 Å². The molecule has 0 aliphatic heterocycles. The van der Waals surface area contributed by atoms with Gasteiger partial charge in [0, 0.05) is 13.1 Å². The summed E-state index contributed by atoms with van der Waals surface area (Å²) in [5.41, 5.74) is 0.800. The highest BCUT2D eigenvalue weighted by atomic mass is 32.2. The number of carbonyl (C=O) groups excluding carboxylic acids is 1. The van der Waals surface area contributed by atoms with Gasteiger partial charge in [-0.3, -0.25) is 4.79 Å². The van der Waals surface area contributed by atoms with Gasteiger partial charge < -0.3 is 10.1 Å². The number of hydrogen-bond acceptors (Lipinski definition) is 4. The maximum atomic E-state index is 12.6. The Morgan fingerprint density at radius 2 is 2.00 bits per heavy atom. The zero-order valence-electron chi connectivity index (χ0n) is 13.0. The molecule has 0 radical (unpaired) electrons. The Hall–Kier alpha value is -1.60. The maximum absolute atomic E-state index is 12.6. The number of methoxy groups -OCH3 is 1. The van der Waals surface area contributed by atoms with E-state index in [0.29, 0.717) is 0 Å². The van der Waals surface area contributed by atoms with E-state index in [1.165, 1.54) is 20.2 Å². The lowest BCUT2D eigenvalue weighted by Gasteiger charge is -2.19. The molecule has 1 rings (SSSR count). The average Bonchev–Trinajstić information content (AvgIpc) is 2.37. The van der Waals surface area contributed by atoms with Gasteiger partial charge in [0.25, 0.3) is 0 Å². The summed E-state index contributed by atoms with van der Waals surface area (Å²) < 4.78 is 31.2.